The summed E-state index contributed by atoms with van der Waals surface area (Å²) < 4.78 is 19.0. The molecule has 1 saturated carbocycles. The molecule has 2 heterocycles. The van der Waals surface area contributed by atoms with Crippen LogP contribution in [0.25, 0.3) is 10.9 Å². The average molecular weight is 433 g/mol. The van der Waals surface area contributed by atoms with Crippen molar-refractivity contribution in [2.45, 2.75) is 43.7 Å². The Kier molecular flexibility index (Phi) is 5.47. The van der Waals surface area contributed by atoms with Crippen LogP contribution in [-0.4, -0.2) is 34.7 Å². The first-order valence-electron chi connectivity index (χ1n) is 11.0. The van der Waals surface area contributed by atoms with Gasteiger partial charge in [-0.1, -0.05) is 30.3 Å². The molecule has 0 radical (unpaired) electrons. The third kappa shape index (κ3) is 3.90. The van der Waals surface area contributed by atoms with Crippen LogP contribution in [0, 0.1) is 5.82 Å². The molecular weight excluding hydrogens is 409 g/mol. The van der Waals surface area contributed by atoms with Gasteiger partial charge in [0.1, 0.15) is 18.5 Å². The zero-order valence-electron chi connectivity index (χ0n) is 17.5. The number of benzene rings is 2. The van der Waals surface area contributed by atoms with Crippen LogP contribution in [0.1, 0.15) is 48.8 Å². The second kappa shape index (κ2) is 8.57. The van der Waals surface area contributed by atoms with Crippen molar-refractivity contribution in [1.29, 1.82) is 0 Å². The van der Waals surface area contributed by atoms with E-state index in [1.807, 2.05) is 36.4 Å². The van der Waals surface area contributed by atoms with Crippen molar-refractivity contribution in [3.8, 4) is 0 Å². The van der Waals surface area contributed by atoms with Crippen LogP contribution < -0.4 is 5.32 Å². The van der Waals surface area contributed by atoms with E-state index in [2.05, 4.69) is 10.3 Å². The Hall–Kier alpha value is -3.48. The lowest BCUT2D eigenvalue weighted by molar-refractivity contribution is 0.156. The SMILES string of the molecule is O=C(NC1CCC(c2ccnc3ccc(F)cc23)CC1)N1C(=O)OC[C@H]1c1ccccc1. The summed E-state index contributed by atoms with van der Waals surface area (Å²) in [6.07, 6.45) is 4.46. The zero-order chi connectivity index (χ0) is 22.1. The number of aromatic nitrogens is 1. The van der Waals surface area contributed by atoms with Gasteiger partial charge in [0.25, 0.3) is 0 Å². The number of pyridine rings is 1. The lowest BCUT2D eigenvalue weighted by atomic mass is 9.80. The molecule has 2 aromatic carbocycles. The standard InChI is InChI=1S/C25H24FN3O3/c26-18-8-11-22-21(14-18)20(12-13-27-22)16-6-9-19(10-7-16)28-24(30)29-23(15-32-25(29)31)17-4-2-1-3-5-17/h1-5,8,11-14,16,19,23H,6-7,9-10,15H2,(H,28,30)/t16?,19?,23-/m0/s1. The second-order valence-electron chi connectivity index (χ2n) is 8.43. The number of nitrogens with one attached hydrogen (secondary N) is 1. The van der Waals surface area contributed by atoms with Gasteiger partial charge in [0, 0.05) is 17.6 Å². The summed E-state index contributed by atoms with van der Waals surface area (Å²) in [6, 6.07) is 15.2. The number of halogens is 1. The minimum atomic E-state index is -0.615. The Morgan fingerprint density at radius 1 is 1.06 bits per heavy atom. The van der Waals surface area contributed by atoms with E-state index in [1.165, 1.54) is 11.0 Å². The maximum Gasteiger partial charge on any atom is 0.418 e. The predicted octanol–water partition coefficient (Wildman–Crippen LogP) is 5.30. The minimum Gasteiger partial charge on any atom is -0.446 e. The van der Waals surface area contributed by atoms with E-state index in [4.69, 9.17) is 4.74 Å². The number of urea groups is 1. The van der Waals surface area contributed by atoms with Gasteiger partial charge < -0.3 is 10.1 Å². The van der Waals surface area contributed by atoms with E-state index in [0.29, 0.717) is 0 Å². The molecule has 164 valence electrons. The van der Waals surface area contributed by atoms with E-state index in [-0.39, 0.29) is 24.4 Å². The molecular formula is C25H24FN3O3. The first-order chi connectivity index (χ1) is 15.6. The van der Waals surface area contributed by atoms with Gasteiger partial charge in [-0.25, -0.2) is 18.9 Å². The lowest BCUT2D eigenvalue weighted by Gasteiger charge is -2.31. The van der Waals surface area contributed by atoms with Crippen molar-refractivity contribution in [3.63, 3.8) is 0 Å². The van der Waals surface area contributed by atoms with Crippen LogP contribution in [0.4, 0.5) is 14.0 Å². The number of hydrogen-bond acceptors (Lipinski definition) is 4. The molecule has 1 aromatic heterocycles. The van der Waals surface area contributed by atoms with Gasteiger partial charge in [-0.05, 0) is 67.0 Å². The Morgan fingerprint density at radius 2 is 1.84 bits per heavy atom. The van der Waals surface area contributed by atoms with Gasteiger partial charge in [0.05, 0.1) is 5.52 Å². The summed E-state index contributed by atoms with van der Waals surface area (Å²) in [5, 5.41) is 3.88. The highest BCUT2D eigenvalue weighted by Crippen LogP contribution is 2.36. The molecule has 1 saturated heterocycles. The fourth-order valence-electron chi connectivity index (χ4n) is 4.86. The maximum absolute atomic E-state index is 13.8. The Bertz CT molecular complexity index is 1150. The molecule has 0 bridgehead atoms. The fraction of sp³-hybridized carbons (Fsp3) is 0.320. The molecule has 3 amide bonds. The van der Waals surface area contributed by atoms with Crippen LogP contribution in [0.15, 0.2) is 60.8 Å². The molecule has 2 aliphatic rings. The Labute approximate surface area is 185 Å². The van der Waals surface area contributed by atoms with Gasteiger partial charge in [0.2, 0.25) is 0 Å². The van der Waals surface area contributed by atoms with Crippen molar-refractivity contribution in [2.75, 3.05) is 6.61 Å². The van der Waals surface area contributed by atoms with E-state index in [0.717, 1.165) is 47.7 Å². The predicted molar refractivity (Wildman–Crippen MR) is 118 cm³/mol. The van der Waals surface area contributed by atoms with Crippen LogP contribution >= 0.6 is 0 Å². The molecule has 1 aliphatic carbocycles. The summed E-state index contributed by atoms with van der Waals surface area (Å²) in [7, 11) is 0. The average Bonchev–Trinajstić information content (AvgIpc) is 3.21. The third-order valence-corrected chi connectivity index (χ3v) is 6.51. The van der Waals surface area contributed by atoms with E-state index in [9.17, 15) is 14.0 Å². The quantitative estimate of drug-likeness (QED) is 0.608. The number of carbonyl (C=O) groups excluding carboxylic acids is 2. The first-order valence-corrected chi connectivity index (χ1v) is 11.0. The molecule has 2 fully saturated rings. The molecule has 1 atom stereocenters. The summed E-state index contributed by atoms with van der Waals surface area (Å²) in [5.74, 6) is 0.0161. The summed E-state index contributed by atoms with van der Waals surface area (Å²) in [4.78, 5) is 30.7. The monoisotopic (exact) mass is 433 g/mol. The largest absolute Gasteiger partial charge is 0.446 e. The molecule has 3 aromatic rings. The smallest absolute Gasteiger partial charge is 0.418 e. The number of cyclic esters (lactones) is 1. The molecule has 5 rings (SSSR count). The number of amides is 3. The van der Waals surface area contributed by atoms with Gasteiger partial charge in [-0.3, -0.25) is 4.98 Å². The summed E-state index contributed by atoms with van der Waals surface area (Å²) >= 11 is 0. The summed E-state index contributed by atoms with van der Waals surface area (Å²) in [6.45, 7) is 0.161. The van der Waals surface area contributed by atoms with Crippen LogP contribution in [0.5, 0.6) is 0 Å². The molecule has 7 heteroatoms. The van der Waals surface area contributed by atoms with E-state index in [1.54, 1.807) is 18.3 Å². The van der Waals surface area contributed by atoms with Crippen LogP contribution in [0.3, 0.4) is 0 Å². The normalized spacial score (nSPS) is 23.2. The topological polar surface area (TPSA) is 71.5 Å². The Morgan fingerprint density at radius 3 is 2.62 bits per heavy atom. The molecule has 32 heavy (non-hydrogen) atoms. The van der Waals surface area contributed by atoms with Crippen molar-refractivity contribution in [3.05, 3.63) is 77.7 Å². The van der Waals surface area contributed by atoms with Crippen LogP contribution in [-0.2, 0) is 4.74 Å². The molecule has 1 aliphatic heterocycles. The fourth-order valence-corrected chi connectivity index (χ4v) is 4.86. The highest BCUT2D eigenvalue weighted by atomic mass is 19.1. The van der Waals surface area contributed by atoms with Crippen molar-refractivity contribution in [1.82, 2.24) is 15.2 Å². The second-order valence-corrected chi connectivity index (χ2v) is 8.43. The molecule has 1 N–H and O–H groups in total. The third-order valence-electron chi connectivity index (χ3n) is 6.51. The summed E-state index contributed by atoms with van der Waals surface area (Å²) in [5.41, 5.74) is 2.76. The molecule has 6 nitrogen and oxygen atoms in total. The number of ether oxygens (including phenoxy) is 1. The van der Waals surface area contributed by atoms with Crippen molar-refractivity contribution < 1.29 is 18.7 Å². The molecule has 0 spiro atoms. The number of imide groups is 1. The lowest BCUT2D eigenvalue weighted by Crippen LogP contribution is -2.47. The number of hydrogen-bond donors (Lipinski definition) is 1. The van der Waals surface area contributed by atoms with E-state index < -0.39 is 18.2 Å². The first kappa shape index (κ1) is 20.4. The maximum atomic E-state index is 13.8. The molecule has 0 unspecified atom stereocenters. The number of rotatable bonds is 3. The van der Waals surface area contributed by atoms with E-state index >= 15 is 0 Å². The van der Waals surface area contributed by atoms with Gasteiger partial charge in [-0.15, -0.1) is 0 Å². The van der Waals surface area contributed by atoms with Crippen LogP contribution in [0.2, 0.25) is 0 Å². The van der Waals surface area contributed by atoms with Crippen molar-refractivity contribution in [2.24, 2.45) is 0 Å². The van der Waals surface area contributed by atoms with Gasteiger partial charge in [0.15, 0.2) is 0 Å². The minimum absolute atomic E-state index is 0.0200. The zero-order valence-corrected chi connectivity index (χ0v) is 17.5. The van der Waals surface area contributed by atoms with Gasteiger partial charge in [-0.2, -0.15) is 0 Å². The Balaban J connectivity index is 1.25. The number of nitrogens with zero attached hydrogens (tertiary/aromatic N) is 2. The highest BCUT2D eigenvalue weighted by molar-refractivity contribution is 5.93. The number of fused-ring (bicyclic) bond motifs is 1. The highest BCUT2D eigenvalue weighted by Gasteiger charge is 2.40. The van der Waals surface area contributed by atoms with Crippen molar-refractivity contribution >= 4 is 23.0 Å². The van der Waals surface area contributed by atoms with Gasteiger partial charge >= 0.3 is 12.1 Å². The number of carbonyl (C=O) groups is 2.